The Bertz CT molecular complexity index is 776. The van der Waals surface area contributed by atoms with Crippen LogP contribution >= 0.6 is 0 Å². The molecule has 0 spiro atoms. The van der Waals surface area contributed by atoms with Gasteiger partial charge in [0.25, 0.3) is 0 Å². The van der Waals surface area contributed by atoms with E-state index in [1.807, 2.05) is 0 Å². The van der Waals surface area contributed by atoms with E-state index in [-0.39, 0.29) is 58.1 Å². The Morgan fingerprint density at radius 2 is 0.540 bits per heavy atom. The molecule has 0 N–H and O–H groups in total. The third-order valence-electron chi connectivity index (χ3n) is 9.51. The Balaban J connectivity index is 3.90. The van der Waals surface area contributed by atoms with Crippen LogP contribution in [0, 0.1) is 5.41 Å². The second-order valence-electron chi connectivity index (χ2n) is 14.4. The summed E-state index contributed by atoms with van der Waals surface area (Å²) in [6.07, 6.45) is 34.1. The van der Waals surface area contributed by atoms with Crippen molar-refractivity contribution in [1.29, 1.82) is 0 Å². The zero-order valence-corrected chi connectivity index (χ0v) is 33.1. The Morgan fingerprint density at radius 3 is 0.780 bits per heavy atom. The van der Waals surface area contributed by atoms with Crippen LogP contribution in [-0.4, -0.2) is 50.3 Å². The average molecular weight is 711 g/mol. The molecule has 0 amide bonds. The first-order valence-corrected chi connectivity index (χ1v) is 20.9. The lowest BCUT2D eigenvalue weighted by molar-refractivity contribution is -0.170. The van der Waals surface area contributed by atoms with Gasteiger partial charge in [0.2, 0.25) is 0 Å². The Hall–Kier alpha value is -2.12. The van der Waals surface area contributed by atoms with Crippen molar-refractivity contribution in [3.8, 4) is 0 Å². The average Bonchev–Trinajstić information content (AvgIpc) is 3.13. The minimum absolute atomic E-state index is 0.166. The van der Waals surface area contributed by atoms with Crippen molar-refractivity contribution in [2.45, 2.75) is 214 Å². The first-order valence-electron chi connectivity index (χ1n) is 20.9. The van der Waals surface area contributed by atoms with E-state index in [1.54, 1.807) is 20.8 Å². The molecule has 0 atom stereocenters. The van der Waals surface area contributed by atoms with Crippen LogP contribution in [0.25, 0.3) is 0 Å². The van der Waals surface area contributed by atoms with E-state index in [0.29, 0.717) is 0 Å². The topological polar surface area (TPSA) is 105 Å². The molecule has 0 aliphatic heterocycles. The molecule has 8 nitrogen and oxygen atoms in total. The summed E-state index contributed by atoms with van der Waals surface area (Å²) in [7, 11) is 0. The summed E-state index contributed by atoms with van der Waals surface area (Å²) >= 11 is 0. The van der Waals surface area contributed by atoms with Crippen LogP contribution in [-0.2, 0) is 38.1 Å². The molecular weight excluding hydrogens is 632 g/mol. The molecule has 0 fully saturated rings. The SMILES string of the molecule is CCCCCCCCCCCCCCCCCCCCCCCCCCCC(=O)OCC(COC(=O)CC)(COC(=O)CC)COC(=O)CC. The van der Waals surface area contributed by atoms with Crippen LogP contribution in [0.2, 0.25) is 0 Å². The maximum atomic E-state index is 12.6. The van der Waals surface area contributed by atoms with Gasteiger partial charge in [-0.25, -0.2) is 0 Å². The number of carbonyl (C=O) groups is 4. The lowest BCUT2D eigenvalue weighted by atomic mass is 9.92. The van der Waals surface area contributed by atoms with E-state index >= 15 is 0 Å². The molecule has 0 unspecified atom stereocenters. The van der Waals surface area contributed by atoms with E-state index in [9.17, 15) is 19.2 Å². The maximum absolute atomic E-state index is 12.6. The van der Waals surface area contributed by atoms with Gasteiger partial charge in [0.15, 0.2) is 0 Å². The molecule has 0 aliphatic carbocycles. The van der Waals surface area contributed by atoms with Gasteiger partial charge in [-0.2, -0.15) is 0 Å². The van der Waals surface area contributed by atoms with E-state index in [0.717, 1.165) is 19.3 Å². The first kappa shape index (κ1) is 47.9. The van der Waals surface area contributed by atoms with Crippen molar-refractivity contribution >= 4 is 23.9 Å². The summed E-state index contributed by atoms with van der Waals surface area (Å²) in [6, 6.07) is 0. The molecular formula is C42H78O8. The van der Waals surface area contributed by atoms with Crippen molar-refractivity contribution < 1.29 is 38.1 Å². The molecule has 8 heteroatoms. The molecule has 0 aliphatic rings. The smallest absolute Gasteiger partial charge is 0.305 e. The van der Waals surface area contributed by atoms with Crippen molar-refractivity contribution in [2.24, 2.45) is 5.41 Å². The summed E-state index contributed by atoms with van der Waals surface area (Å²) in [6.45, 7) is 6.52. The lowest BCUT2D eigenvalue weighted by Gasteiger charge is -2.31. The van der Waals surface area contributed by atoms with Crippen LogP contribution in [0.3, 0.4) is 0 Å². The van der Waals surface area contributed by atoms with Gasteiger partial charge in [-0.15, -0.1) is 0 Å². The highest BCUT2D eigenvalue weighted by Gasteiger charge is 2.37. The highest BCUT2D eigenvalue weighted by atomic mass is 16.6. The van der Waals surface area contributed by atoms with Crippen LogP contribution < -0.4 is 0 Å². The van der Waals surface area contributed by atoms with Crippen LogP contribution in [0.4, 0.5) is 0 Å². The van der Waals surface area contributed by atoms with Gasteiger partial charge in [0.05, 0.1) is 0 Å². The number of unbranched alkanes of at least 4 members (excludes halogenated alkanes) is 24. The fraction of sp³-hybridized carbons (Fsp3) is 0.905. The van der Waals surface area contributed by atoms with E-state index < -0.39 is 23.3 Å². The first-order chi connectivity index (χ1) is 24.3. The molecule has 0 heterocycles. The molecule has 0 bridgehead atoms. The van der Waals surface area contributed by atoms with Gasteiger partial charge in [-0.1, -0.05) is 182 Å². The van der Waals surface area contributed by atoms with Crippen molar-refractivity contribution in [3.63, 3.8) is 0 Å². The van der Waals surface area contributed by atoms with Gasteiger partial charge >= 0.3 is 23.9 Å². The predicted octanol–water partition coefficient (Wildman–Crippen LogP) is 11.5. The minimum Gasteiger partial charge on any atom is -0.465 e. The predicted molar refractivity (Wildman–Crippen MR) is 203 cm³/mol. The third kappa shape index (κ3) is 30.7. The fourth-order valence-corrected chi connectivity index (χ4v) is 5.97. The summed E-state index contributed by atoms with van der Waals surface area (Å²) < 4.78 is 21.5. The molecule has 294 valence electrons. The van der Waals surface area contributed by atoms with E-state index in [1.165, 1.54) is 141 Å². The molecule has 0 aromatic rings. The Kier molecular flexibility index (Phi) is 33.8. The maximum Gasteiger partial charge on any atom is 0.305 e. The minimum atomic E-state index is -1.16. The molecule has 0 aromatic carbocycles. The van der Waals surface area contributed by atoms with Crippen molar-refractivity contribution in [3.05, 3.63) is 0 Å². The summed E-state index contributed by atoms with van der Waals surface area (Å²) in [5.41, 5.74) is -1.16. The van der Waals surface area contributed by atoms with Crippen molar-refractivity contribution in [2.75, 3.05) is 26.4 Å². The standard InChI is InChI=1S/C42H78O8/c1-5-9-10-11-12-13-14-15-16-17-18-19-20-21-22-23-24-25-26-27-28-29-30-31-32-33-41(46)50-37-42(34-47-38(43)6-2,35-48-39(44)7-3)36-49-40(45)8-4/h5-37H2,1-4H3. The zero-order valence-electron chi connectivity index (χ0n) is 33.1. The Labute approximate surface area is 307 Å². The molecule has 0 saturated heterocycles. The number of rotatable bonds is 37. The van der Waals surface area contributed by atoms with Gasteiger partial charge in [0.1, 0.15) is 31.8 Å². The number of esters is 4. The van der Waals surface area contributed by atoms with Crippen LogP contribution in [0.1, 0.15) is 214 Å². The summed E-state index contributed by atoms with van der Waals surface area (Å²) in [4.78, 5) is 48.2. The van der Waals surface area contributed by atoms with Crippen LogP contribution in [0.15, 0.2) is 0 Å². The normalized spacial score (nSPS) is 11.4. The van der Waals surface area contributed by atoms with Gasteiger partial charge < -0.3 is 18.9 Å². The quantitative estimate of drug-likeness (QED) is 0.0356. The lowest BCUT2D eigenvalue weighted by Crippen LogP contribution is -2.44. The number of hydrogen-bond donors (Lipinski definition) is 0. The van der Waals surface area contributed by atoms with Gasteiger partial charge in [0, 0.05) is 25.7 Å². The number of ether oxygens (including phenoxy) is 4. The zero-order chi connectivity index (χ0) is 37.0. The highest BCUT2D eigenvalue weighted by molar-refractivity contribution is 5.70. The second kappa shape index (κ2) is 35.3. The van der Waals surface area contributed by atoms with Crippen LogP contribution in [0.5, 0.6) is 0 Å². The summed E-state index contributed by atoms with van der Waals surface area (Å²) in [5, 5.41) is 0. The largest absolute Gasteiger partial charge is 0.465 e. The highest BCUT2D eigenvalue weighted by Crippen LogP contribution is 2.23. The van der Waals surface area contributed by atoms with E-state index in [2.05, 4.69) is 6.92 Å². The monoisotopic (exact) mass is 711 g/mol. The third-order valence-corrected chi connectivity index (χ3v) is 9.51. The molecule has 0 saturated carbocycles. The van der Waals surface area contributed by atoms with Gasteiger partial charge in [-0.05, 0) is 6.42 Å². The molecule has 50 heavy (non-hydrogen) atoms. The Morgan fingerprint density at radius 1 is 0.320 bits per heavy atom. The molecule has 0 radical (unpaired) electrons. The second-order valence-corrected chi connectivity index (χ2v) is 14.4. The van der Waals surface area contributed by atoms with E-state index in [4.69, 9.17) is 18.9 Å². The molecule has 0 rings (SSSR count). The summed E-state index contributed by atoms with van der Waals surface area (Å²) in [5.74, 6) is -1.70. The number of hydrogen-bond acceptors (Lipinski definition) is 8. The van der Waals surface area contributed by atoms with Crippen molar-refractivity contribution in [1.82, 2.24) is 0 Å². The number of carbonyl (C=O) groups excluding carboxylic acids is 4. The van der Waals surface area contributed by atoms with Gasteiger partial charge in [-0.3, -0.25) is 19.2 Å². The molecule has 0 aromatic heterocycles. The fourth-order valence-electron chi connectivity index (χ4n) is 5.97.